The lowest BCUT2D eigenvalue weighted by molar-refractivity contribution is -0.137. The number of aromatic nitrogens is 3. The summed E-state index contributed by atoms with van der Waals surface area (Å²) >= 11 is 0. The van der Waals surface area contributed by atoms with Gasteiger partial charge < -0.3 is 5.32 Å². The monoisotopic (exact) mass is 424 g/mol. The summed E-state index contributed by atoms with van der Waals surface area (Å²) in [6.07, 6.45) is -1.76. The molecule has 4 aromatic rings. The van der Waals surface area contributed by atoms with Gasteiger partial charge in [0.05, 0.1) is 34.4 Å². The van der Waals surface area contributed by atoms with E-state index in [9.17, 15) is 22.8 Å². The molecule has 0 atom stereocenters. The maximum absolute atomic E-state index is 13.0. The minimum absolute atomic E-state index is 0.0476. The number of hydrogen-bond acceptors (Lipinski definition) is 4. The SMILES string of the molecule is O=C(NCc1ccccn1)c1ccc2c(=O)n(-c3cccc(C(F)(F)F)c3)cnc2c1. The number of carbonyl (C=O) groups excluding carboxylic acids is 1. The highest BCUT2D eigenvalue weighted by Gasteiger charge is 2.30. The van der Waals surface area contributed by atoms with E-state index in [0.29, 0.717) is 11.3 Å². The summed E-state index contributed by atoms with van der Waals surface area (Å²) in [4.78, 5) is 33.5. The van der Waals surface area contributed by atoms with E-state index < -0.39 is 17.3 Å². The molecule has 2 aromatic heterocycles. The van der Waals surface area contributed by atoms with Gasteiger partial charge in [0.15, 0.2) is 0 Å². The van der Waals surface area contributed by atoms with Crippen molar-refractivity contribution in [2.75, 3.05) is 0 Å². The number of hydrogen-bond donors (Lipinski definition) is 1. The molecule has 1 N–H and O–H groups in total. The maximum Gasteiger partial charge on any atom is 0.416 e. The first-order chi connectivity index (χ1) is 14.8. The first-order valence-corrected chi connectivity index (χ1v) is 9.20. The minimum atomic E-state index is -4.53. The molecule has 2 heterocycles. The van der Waals surface area contributed by atoms with Crippen molar-refractivity contribution in [2.45, 2.75) is 12.7 Å². The van der Waals surface area contributed by atoms with Crippen molar-refractivity contribution in [3.8, 4) is 5.69 Å². The highest BCUT2D eigenvalue weighted by molar-refractivity contribution is 5.97. The molecule has 31 heavy (non-hydrogen) atoms. The summed E-state index contributed by atoms with van der Waals surface area (Å²) in [5.41, 5.74) is -0.0994. The molecule has 4 rings (SSSR count). The topological polar surface area (TPSA) is 76.9 Å². The molecule has 1 amide bonds. The van der Waals surface area contributed by atoms with Crippen molar-refractivity contribution >= 4 is 16.8 Å². The smallest absolute Gasteiger partial charge is 0.346 e. The van der Waals surface area contributed by atoms with E-state index in [1.54, 1.807) is 18.3 Å². The number of alkyl halides is 3. The van der Waals surface area contributed by atoms with Crippen LogP contribution in [0.2, 0.25) is 0 Å². The van der Waals surface area contributed by atoms with Crippen LogP contribution in [0.25, 0.3) is 16.6 Å². The Morgan fingerprint density at radius 3 is 2.58 bits per heavy atom. The fraction of sp³-hybridized carbons (Fsp3) is 0.0909. The summed E-state index contributed by atoms with van der Waals surface area (Å²) in [7, 11) is 0. The van der Waals surface area contributed by atoms with E-state index in [4.69, 9.17) is 0 Å². The standard InChI is InChI=1S/C22H15F3N4O2/c23-22(24,25)15-4-3-6-17(11-15)29-13-28-19-10-14(7-8-18(19)21(29)31)20(30)27-12-16-5-1-2-9-26-16/h1-11,13H,12H2,(H,27,30). The van der Waals surface area contributed by atoms with Crippen molar-refractivity contribution in [3.63, 3.8) is 0 Å². The normalized spacial score (nSPS) is 11.5. The number of nitrogens with one attached hydrogen (secondary N) is 1. The molecule has 0 aliphatic heterocycles. The Hall–Kier alpha value is -4.01. The number of benzene rings is 2. The van der Waals surface area contributed by atoms with Gasteiger partial charge in [-0.15, -0.1) is 0 Å². The number of fused-ring (bicyclic) bond motifs is 1. The summed E-state index contributed by atoms with van der Waals surface area (Å²) < 4.78 is 40.0. The van der Waals surface area contributed by atoms with E-state index in [0.717, 1.165) is 23.0 Å². The molecule has 0 saturated heterocycles. The van der Waals surface area contributed by atoms with E-state index in [1.165, 1.54) is 30.3 Å². The van der Waals surface area contributed by atoms with E-state index >= 15 is 0 Å². The third-order valence-corrected chi connectivity index (χ3v) is 4.63. The van der Waals surface area contributed by atoms with Gasteiger partial charge >= 0.3 is 6.18 Å². The Kier molecular flexibility index (Phi) is 5.24. The Labute approximate surface area is 174 Å². The average molecular weight is 424 g/mol. The van der Waals surface area contributed by atoms with Crippen LogP contribution >= 0.6 is 0 Å². The van der Waals surface area contributed by atoms with Gasteiger partial charge in [-0.05, 0) is 48.5 Å². The first kappa shape index (κ1) is 20.3. The second kappa shape index (κ2) is 8.02. The number of nitrogens with zero attached hydrogens (tertiary/aromatic N) is 3. The summed E-state index contributed by atoms with van der Waals surface area (Å²) in [5.74, 6) is -0.364. The van der Waals surface area contributed by atoms with Crippen LogP contribution in [0.4, 0.5) is 13.2 Å². The first-order valence-electron chi connectivity index (χ1n) is 9.20. The molecular weight excluding hydrogens is 409 g/mol. The van der Waals surface area contributed by atoms with Gasteiger partial charge in [0.2, 0.25) is 0 Å². The maximum atomic E-state index is 13.0. The number of pyridine rings is 1. The lowest BCUT2D eigenvalue weighted by Gasteiger charge is -2.11. The summed E-state index contributed by atoms with van der Waals surface area (Å²) in [5, 5.41) is 2.91. The Morgan fingerprint density at radius 1 is 1.00 bits per heavy atom. The predicted octanol–water partition coefficient (Wildman–Crippen LogP) is 3.73. The molecule has 0 unspecified atom stereocenters. The van der Waals surface area contributed by atoms with Crippen LogP contribution in [0.3, 0.4) is 0 Å². The Balaban J connectivity index is 1.63. The van der Waals surface area contributed by atoms with Gasteiger partial charge in [0.25, 0.3) is 11.5 Å². The van der Waals surface area contributed by atoms with E-state index in [-0.39, 0.29) is 29.0 Å². The molecule has 0 saturated carbocycles. The van der Waals surface area contributed by atoms with Crippen LogP contribution in [0, 0.1) is 0 Å². The van der Waals surface area contributed by atoms with Crippen molar-refractivity contribution in [1.82, 2.24) is 19.9 Å². The van der Waals surface area contributed by atoms with Crippen LogP contribution in [0.5, 0.6) is 0 Å². The van der Waals surface area contributed by atoms with E-state index in [1.807, 2.05) is 6.07 Å². The molecule has 156 valence electrons. The zero-order valence-corrected chi connectivity index (χ0v) is 15.9. The largest absolute Gasteiger partial charge is 0.416 e. The van der Waals surface area contributed by atoms with Gasteiger partial charge in [-0.2, -0.15) is 13.2 Å². The van der Waals surface area contributed by atoms with Crippen LogP contribution in [0.1, 0.15) is 21.6 Å². The minimum Gasteiger partial charge on any atom is -0.346 e. The quantitative estimate of drug-likeness (QED) is 0.542. The molecule has 9 heteroatoms. The number of amides is 1. The fourth-order valence-corrected chi connectivity index (χ4v) is 3.05. The molecule has 0 spiro atoms. The zero-order chi connectivity index (χ0) is 22.0. The highest BCUT2D eigenvalue weighted by Crippen LogP contribution is 2.30. The van der Waals surface area contributed by atoms with E-state index in [2.05, 4.69) is 15.3 Å². The van der Waals surface area contributed by atoms with Crippen LogP contribution < -0.4 is 10.9 Å². The molecule has 0 radical (unpaired) electrons. The third kappa shape index (κ3) is 4.30. The predicted molar refractivity (Wildman–Crippen MR) is 108 cm³/mol. The lowest BCUT2D eigenvalue weighted by Crippen LogP contribution is -2.24. The van der Waals surface area contributed by atoms with Crippen molar-refractivity contribution in [2.24, 2.45) is 0 Å². The van der Waals surface area contributed by atoms with Gasteiger partial charge in [0, 0.05) is 11.8 Å². The molecule has 2 aromatic carbocycles. The van der Waals surface area contributed by atoms with Gasteiger partial charge in [-0.3, -0.25) is 19.1 Å². The summed E-state index contributed by atoms with van der Waals surface area (Å²) in [6, 6.07) is 14.1. The van der Waals surface area contributed by atoms with Crippen LogP contribution in [-0.4, -0.2) is 20.4 Å². The van der Waals surface area contributed by atoms with Gasteiger partial charge in [-0.25, -0.2) is 4.98 Å². The molecule has 0 bridgehead atoms. The Morgan fingerprint density at radius 2 is 1.84 bits per heavy atom. The molecule has 6 nitrogen and oxygen atoms in total. The van der Waals surface area contributed by atoms with Crippen molar-refractivity contribution in [3.05, 3.63) is 100 Å². The average Bonchev–Trinajstić information content (AvgIpc) is 2.77. The van der Waals surface area contributed by atoms with Crippen molar-refractivity contribution < 1.29 is 18.0 Å². The third-order valence-electron chi connectivity index (χ3n) is 4.63. The molecular formula is C22H15F3N4O2. The zero-order valence-electron chi connectivity index (χ0n) is 15.9. The highest BCUT2D eigenvalue weighted by atomic mass is 19.4. The van der Waals surface area contributed by atoms with Gasteiger partial charge in [0.1, 0.15) is 6.33 Å². The fourth-order valence-electron chi connectivity index (χ4n) is 3.05. The molecule has 0 fully saturated rings. The molecule has 0 aliphatic rings. The number of rotatable bonds is 4. The number of carbonyl (C=O) groups is 1. The second-order valence-corrected chi connectivity index (χ2v) is 6.70. The van der Waals surface area contributed by atoms with Crippen LogP contribution in [-0.2, 0) is 12.7 Å². The van der Waals surface area contributed by atoms with Crippen molar-refractivity contribution in [1.29, 1.82) is 0 Å². The van der Waals surface area contributed by atoms with Gasteiger partial charge in [-0.1, -0.05) is 12.1 Å². The lowest BCUT2D eigenvalue weighted by atomic mass is 10.1. The van der Waals surface area contributed by atoms with Crippen LogP contribution in [0.15, 0.2) is 78.0 Å². The number of halogens is 3. The second-order valence-electron chi connectivity index (χ2n) is 6.70. The summed E-state index contributed by atoms with van der Waals surface area (Å²) in [6.45, 7) is 0.238. The molecule has 0 aliphatic carbocycles. The Bertz CT molecular complexity index is 1320.